The summed E-state index contributed by atoms with van der Waals surface area (Å²) in [4.78, 5) is 4.82. The maximum Gasteiger partial charge on any atom is 0.0464 e. The van der Waals surface area contributed by atoms with E-state index in [4.69, 9.17) is 0 Å². The molecule has 8 aromatic rings. The van der Waals surface area contributed by atoms with Crippen LogP contribution in [0.1, 0.15) is 90.5 Å². The minimum absolute atomic E-state index is 0.0444. The van der Waals surface area contributed by atoms with E-state index in [1.165, 1.54) is 109 Å². The maximum absolute atomic E-state index is 2.42. The molecule has 332 valence electrons. The number of hydrogen-bond acceptors (Lipinski definition) is 2. The molecule has 0 aromatic heterocycles. The molecule has 1 aliphatic rings. The first-order valence-electron chi connectivity index (χ1n) is 23.9. The Kier molecular flexibility index (Phi) is 14.2. The highest BCUT2D eigenvalue weighted by molar-refractivity contribution is 5.81. The van der Waals surface area contributed by atoms with Crippen molar-refractivity contribution in [2.75, 3.05) is 9.80 Å². The van der Waals surface area contributed by atoms with Gasteiger partial charge in [-0.2, -0.15) is 0 Å². The van der Waals surface area contributed by atoms with Crippen LogP contribution in [0.5, 0.6) is 0 Å². The third-order valence-electron chi connectivity index (χ3n) is 13.9. The quantitative estimate of drug-likeness (QED) is 0.126. The zero-order chi connectivity index (χ0) is 46.2. The molecule has 9 rings (SSSR count). The lowest BCUT2D eigenvalue weighted by atomic mass is 9.65. The highest BCUT2D eigenvalue weighted by Gasteiger charge is 2.36. The van der Waals surface area contributed by atoms with Gasteiger partial charge in [-0.3, -0.25) is 0 Å². The number of nitrogens with zero attached hydrogens (tertiary/aromatic N) is 2. The molecule has 1 fully saturated rings. The van der Waals surface area contributed by atoms with E-state index < -0.39 is 0 Å². The van der Waals surface area contributed by atoms with Crippen molar-refractivity contribution in [2.45, 2.75) is 92.9 Å². The average Bonchev–Trinajstić information content (AvgIpc) is 3.35. The van der Waals surface area contributed by atoms with Gasteiger partial charge in [0.05, 0.1) is 0 Å². The van der Waals surface area contributed by atoms with Gasteiger partial charge >= 0.3 is 0 Å². The first-order chi connectivity index (χ1) is 32.1. The largest absolute Gasteiger partial charge is 0.310 e. The Morgan fingerprint density at radius 3 is 0.909 bits per heavy atom. The van der Waals surface area contributed by atoms with Gasteiger partial charge in [0.15, 0.2) is 0 Å². The van der Waals surface area contributed by atoms with Gasteiger partial charge in [0.1, 0.15) is 0 Å². The van der Waals surface area contributed by atoms with Crippen molar-refractivity contribution in [1.29, 1.82) is 0 Å². The fourth-order valence-electron chi connectivity index (χ4n) is 9.48. The minimum atomic E-state index is -0.0444. The van der Waals surface area contributed by atoms with Gasteiger partial charge in [-0.15, -0.1) is 0 Å². The summed E-state index contributed by atoms with van der Waals surface area (Å²) in [5.41, 5.74) is 22.4. The second-order valence-corrected chi connectivity index (χ2v) is 18.4. The number of anilines is 6. The van der Waals surface area contributed by atoms with Gasteiger partial charge in [0.2, 0.25) is 0 Å². The Hall–Kier alpha value is -6.90. The third-order valence-corrected chi connectivity index (χ3v) is 13.9. The van der Waals surface area contributed by atoms with Crippen LogP contribution in [0.15, 0.2) is 194 Å². The zero-order valence-electron chi connectivity index (χ0n) is 40.4. The molecule has 0 bridgehead atoms. The van der Waals surface area contributed by atoms with Gasteiger partial charge in [-0.25, -0.2) is 0 Å². The van der Waals surface area contributed by atoms with Crippen molar-refractivity contribution in [3.63, 3.8) is 0 Å². The monoisotopic (exact) mass is 863 g/mol. The number of allylic oxidation sites excluding steroid dienone is 2. The summed E-state index contributed by atoms with van der Waals surface area (Å²) in [6, 6.07) is 68.4. The summed E-state index contributed by atoms with van der Waals surface area (Å²) in [6.45, 7) is 17.1. The smallest absolute Gasteiger partial charge is 0.0464 e. The fraction of sp³-hybridized carbons (Fsp3) is 0.219. The Labute approximate surface area is 396 Å². The highest BCUT2D eigenvalue weighted by Crippen LogP contribution is 2.47. The lowest BCUT2D eigenvalue weighted by Crippen LogP contribution is -2.30. The van der Waals surface area contributed by atoms with Gasteiger partial charge < -0.3 is 9.80 Å². The van der Waals surface area contributed by atoms with Crippen LogP contribution in [0.4, 0.5) is 34.1 Å². The SMILES string of the molecule is C/C=C\C.Cc1ccc(-c2ccc(N(c3ccc(C4(c5ccc(N(c6ccc(-c7ccc(C)cc7)cc6)c6ccc(C)c(C)c6)cc5)CCCCC4)cc3)c3ccc(C)c(C)c3)cc2)cc1. The van der Waals surface area contributed by atoms with Crippen LogP contribution in [-0.2, 0) is 5.41 Å². The Balaban J connectivity index is 0.00000142. The van der Waals surface area contributed by atoms with Crippen LogP contribution in [0.2, 0.25) is 0 Å². The second kappa shape index (κ2) is 20.5. The zero-order valence-corrected chi connectivity index (χ0v) is 40.4. The van der Waals surface area contributed by atoms with Crippen LogP contribution in [-0.4, -0.2) is 0 Å². The average molecular weight is 863 g/mol. The first-order valence-corrected chi connectivity index (χ1v) is 23.9. The second-order valence-electron chi connectivity index (χ2n) is 18.4. The molecular weight excluding hydrogens is 797 g/mol. The maximum atomic E-state index is 2.42. The van der Waals surface area contributed by atoms with Crippen molar-refractivity contribution >= 4 is 34.1 Å². The highest BCUT2D eigenvalue weighted by atomic mass is 15.1. The molecule has 2 heteroatoms. The molecule has 1 aliphatic carbocycles. The van der Waals surface area contributed by atoms with Gasteiger partial charge in [-0.05, 0) is 197 Å². The van der Waals surface area contributed by atoms with Gasteiger partial charge in [-0.1, -0.05) is 152 Å². The Morgan fingerprint density at radius 1 is 0.318 bits per heavy atom. The fourth-order valence-corrected chi connectivity index (χ4v) is 9.48. The lowest BCUT2D eigenvalue weighted by Gasteiger charge is -2.39. The molecule has 66 heavy (non-hydrogen) atoms. The van der Waals surface area contributed by atoms with Crippen molar-refractivity contribution in [3.8, 4) is 22.3 Å². The van der Waals surface area contributed by atoms with E-state index in [0.717, 1.165) is 24.2 Å². The predicted octanol–water partition coefficient (Wildman–Crippen LogP) is 18.6. The first kappa shape index (κ1) is 45.7. The summed E-state index contributed by atoms with van der Waals surface area (Å²) in [5.74, 6) is 0. The molecule has 0 unspecified atom stereocenters. The molecule has 0 N–H and O–H groups in total. The summed E-state index contributed by atoms with van der Waals surface area (Å²) in [7, 11) is 0. The van der Waals surface area contributed by atoms with E-state index in [1.807, 2.05) is 26.0 Å². The van der Waals surface area contributed by atoms with Gasteiger partial charge in [0, 0.05) is 39.5 Å². The molecule has 0 radical (unpaired) electrons. The van der Waals surface area contributed by atoms with E-state index in [2.05, 4.69) is 233 Å². The molecule has 0 amide bonds. The molecule has 2 nitrogen and oxygen atoms in total. The van der Waals surface area contributed by atoms with Crippen molar-refractivity contribution in [2.24, 2.45) is 0 Å². The lowest BCUT2D eigenvalue weighted by molar-refractivity contribution is 0.346. The summed E-state index contributed by atoms with van der Waals surface area (Å²) >= 11 is 0. The molecule has 0 atom stereocenters. The van der Waals surface area contributed by atoms with Crippen molar-refractivity contribution in [1.82, 2.24) is 0 Å². The van der Waals surface area contributed by atoms with E-state index in [0.29, 0.717) is 0 Å². The summed E-state index contributed by atoms with van der Waals surface area (Å²) < 4.78 is 0. The van der Waals surface area contributed by atoms with Crippen LogP contribution in [0.25, 0.3) is 22.3 Å². The van der Waals surface area contributed by atoms with Crippen LogP contribution in [0.3, 0.4) is 0 Å². The normalized spacial score (nSPS) is 13.2. The standard InChI is InChI=1S/C60H58N2.C4H8/c1-42-10-16-48(17-11-42)50-20-30-54(31-21-50)61(58-28-14-44(3)46(5)40-58)56-34-24-52(25-35-56)60(38-8-7-9-39-60)53-26-36-57(37-27-53)62(59-29-15-45(4)47(6)41-59)55-32-22-51(23-33-55)49-18-12-43(2)13-19-49;1-3-4-2/h10-37,40-41H,7-9,38-39H2,1-6H3;3-4H,1-2H3/b;4-3-. The molecule has 0 heterocycles. The van der Waals surface area contributed by atoms with Crippen molar-refractivity contribution in [3.05, 3.63) is 239 Å². The van der Waals surface area contributed by atoms with E-state index in [1.54, 1.807) is 0 Å². The number of hydrogen-bond donors (Lipinski definition) is 0. The number of benzene rings is 8. The molecule has 0 aliphatic heterocycles. The molecular formula is C64H66N2. The van der Waals surface area contributed by atoms with Gasteiger partial charge in [0.25, 0.3) is 0 Å². The van der Waals surface area contributed by atoms with Crippen molar-refractivity contribution < 1.29 is 0 Å². The van der Waals surface area contributed by atoms with Crippen LogP contribution < -0.4 is 9.80 Å². The molecule has 8 aromatic carbocycles. The Bertz CT molecular complexity index is 2660. The Morgan fingerprint density at radius 2 is 0.606 bits per heavy atom. The molecule has 0 spiro atoms. The molecule has 1 saturated carbocycles. The summed E-state index contributed by atoms with van der Waals surface area (Å²) in [5, 5.41) is 0. The number of rotatable bonds is 10. The predicted molar refractivity (Wildman–Crippen MR) is 286 cm³/mol. The minimum Gasteiger partial charge on any atom is -0.310 e. The van der Waals surface area contributed by atoms with E-state index in [9.17, 15) is 0 Å². The summed E-state index contributed by atoms with van der Waals surface area (Å²) in [6.07, 6.45) is 10.0. The topological polar surface area (TPSA) is 6.48 Å². The van der Waals surface area contributed by atoms with Crippen LogP contribution >= 0.6 is 0 Å². The number of aryl methyl sites for hydroxylation is 6. The van der Waals surface area contributed by atoms with Crippen LogP contribution in [0, 0.1) is 41.5 Å². The van der Waals surface area contributed by atoms with E-state index >= 15 is 0 Å². The third kappa shape index (κ3) is 9.99. The molecule has 0 saturated heterocycles. The van der Waals surface area contributed by atoms with E-state index in [-0.39, 0.29) is 5.41 Å².